The van der Waals surface area contributed by atoms with Crippen molar-refractivity contribution < 1.29 is 48.4 Å². The zero-order valence-electron chi connectivity index (χ0n) is 25.2. The van der Waals surface area contributed by atoms with Crippen molar-refractivity contribution in [3.8, 4) is 6.01 Å². The molecular weight excluding hydrogens is 609 g/mol. The molecule has 6 N–H and O–H groups in total. The molecule has 3 rings (SSSR count). The van der Waals surface area contributed by atoms with E-state index in [1.54, 1.807) is 23.1 Å². The third-order valence-electron chi connectivity index (χ3n) is 7.45. The van der Waals surface area contributed by atoms with Gasteiger partial charge in [0.25, 0.3) is 17.5 Å². The largest absolute Gasteiger partial charge is 0.481 e. The van der Waals surface area contributed by atoms with E-state index < -0.39 is 77.4 Å². The van der Waals surface area contributed by atoms with Crippen LogP contribution in [0.15, 0.2) is 41.2 Å². The second-order valence-corrected chi connectivity index (χ2v) is 10.4. The predicted molar refractivity (Wildman–Crippen MR) is 161 cm³/mol. The smallest absolute Gasteiger partial charge is 0.326 e. The minimum atomic E-state index is -1.96. The number of methoxy groups -OCH3 is 1. The third-order valence-corrected chi connectivity index (χ3v) is 7.45. The number of likely N-dealkylation sites (N-methyl/N-ethyl adjacent to an activating group) is 1. The van der Waals surface area contributed by atoms with E-state index in [0.717, 1.165) is 19.2 Å². The number of ketones is 1. The molecule has 1 heterocycles. The van der Waals surface area contributed by atoms with E-state index in [4.69, 9.17) is 15.6 Å². The molecule has 3 aromatic rings. The van der Waals surface area contributed by atoms with Crippen LogP contribution in [0.5, 0.6) is 6.01 Å². The molecule has 15 nitrogen and oxygen atoms in total. The topological polar surface area (TPSA) is 234 Å². The van der Waals surface area contributed by atoms with E-state index in [-0.39, 0.29) is 19.0 Å². The molecule has 46 heavy (non-hydrogen) atoms. The summed E-state index contributed by atoms with van der Waals surface area (Å²) in [6.45, 7) is 2.48. The van der Waals surface area contributed by atoms with Gasteiger partial charge in [-0.1, -0.05) is 6.07 Å². The first-order valence-corrected chi connectivity index (χ1v) is 14.0. The van der Waals surface area contributed by atoms with E-state index in [0.29, 0.717) is 33.6 Å². The molecule has 0 aliphatic rings. The molecule has 0 bridgehead atoms. The molecule has 0 saturated heterocycles. The molecular formula is C30H34FN5O10. The molecule has 0 radical (unpaired) electrons. The lowest BCUT2D eigenvalue weighted by Crippen LogP contribution is -2.48. The Bertz CT molecular complexity index is 1710. The Morgan fingerprint density at radius 2 is 1.76 bits per heavy atom. The van der Waals surface area contributed by atoms with E-state index in [2.05, 4.69) is 9.97 Å². The Morgan fingerprint density at radius 3 is 2.33 bits per heavy atom. The number of carbonyl (C=O) groups excluding carboxylic acids is 2. The fourth-order valence-electron chi connectivity index (χ4n) is 4.84. The molecule has 0 fully saturated rings. The maximum Gasteiger partial charge on any atom is 0.326 e. The van der Waals surface area contributed by atoms with Gasteiger partial charge in [0.2, 0.25) is 0 Å². The number of aromatic nitrogens is 2. The first-order chi connectivity index (χ1) is 21.7. The number of carboxylic acids is 3. The van der Waals surface area contributed by atoms with Crippen LogP contribution in [-0.2, 0) is 25.7 Å². The summed E-state index contributed by atoms with van der Waals surface area (Å²) in [5, 5.41) is 28.5. The van der Waals surface area contributed by atoms with Gasteiger partial charge < -0.3 is 35.6 Å². The van der Waals surface area contributed by atoms with Gasteiger partial charge in [0.1, 0.15) is 17.8 Å². The van der Waals surface area contributed by atoms with Crippen molar-refractivity contribution in [3.63, 3.8) is 0 Å². The van der Waals surface area contributed by atoms with Crippen molar-refractivity contribution in [3.05, 3.63) is 63.7 Å². The number of nitrogens with two attached hydrogens (primary N) is 1. The molecule has 1 aromatic heterocycles. The van der Waals surface area contributed by atoms with Gasteiger partial charge in [-0.05, 0) is 55.7 Å². The van der Waals surface area contributed by atoms with Crippen LogP contribution in [0.25, 0.3) is 10.9 Å². The number of aromatic amines is 1. The monoisotopic (exact) mass is 643 g/mol. The highest BCUT2D eigenvalue weighted by molar-refractivity contribution is 6.02. The first kappa shape index (κ1) is 35.1. The Hall–Kier alpha value is -5.38. The number of fused-ring (bicyclic) bond motifs is 1. The van der Waals surface area contributed by atoms with E-state index in [1.165, 1.54) is 13.2 Å². The zero-order chi connectivity index (χ0) is 34.3. The fourth-order valence-corrected chi connectivity index (χ4v) is 4.84. The number of rotatable bonds is 16. The van der Waals surface area contributed by atoms with E-state index >= 15 is 4.39 Å². The van der Waals surface area contributed by atoms with E-state index in [1.807, 2.05) is 6.92 Å². The quantitative estimate of drug-likeness (QED) is 0.139. The molecule has 0 aliphatic carbocycles. The van der Waals surface area contributed by atoms with Gasteiger partial charge >= 0.3 is 17.9 Å². The lowest BCUT2D eigenvalue weighted by Gasteiger charge is -2.28. The number of nitrogens with zero attached hydrogens (tertiary/aromatic N) is 3. The number of ether oxygens (including phenoxy) is 1. The average molecular weight is 644 g/mol. The maximum absolute atomic E-state index is 15.4. The number of halogens is 1. The average Bonchev–Trinajstić information content (AvgIpc) is 3.01. The van der Waals surface area contributed by atoms with Crippen molar-refractivity contribution in [1.29, 1.82) is 0 Å². The summed E-state index contributed by atoms with van der Waals surface area (Å²) in [4.78, 5) is 82.2. The second kappa shape index (κ2) is 15.1. The van der Waals surface area contributed by atoms with Crippen LogP contribution >= 0.6 is 0 Å². The Labute approximate surface area is 261 Å². The Balaban J connectivity index is 1.81. The van der Waals surface area contributed by atoms with Crippen molar-refractivity contribution in [2.75, 3.05) is 25.6 Å². The third kappa shape index (κ3) is 8.20. The maximum atomic E-state index is 15.4. The summed E-state index contributed by atoms with van der Waals surface area (Å²) in [6.07, 6.45) is -1.77. The normalized spacial score (nSPS) is 13.0. The van der Waals surface area contributed by atoms with Crippen LogP contribution in [-0.4, -0.2) is 92.6 Å². The molecule has 246 valence electrons. The van der Waals surface area contributed by atoms with Gasteiger partial charge in [-0.25, -0.2) is 9.18 Å². The number of benzene rings is 2. The van der Waals surface area contributed by atoms with Crippen molar-refractivity contribution >= 4 is 46.2 Å². The van der Waals surface area contributed by atoms with Crippen LogP contribution in [0, 0.1) is 11.7 Å². The fraction of sp³-hybridized carbons (Fsp3) is 0.367. The van der Waals surface area contributed by atoms with E-state index in [9.17, 15) is 39.0 Å². The molecule has 0 aliphatic heterocycles. The molecule has 1 amide bonds. The summed E-state index contributed by atoms with van der Waals surface area (Å²) in [7, 11) is 2.41. The predicted octanol–water partition coefficient (Wildman–Crippen LogP) is 1.47. The number of H-pyrrole nitrogens is 1. The lowest BCUT2D eigenvalue weighted by atomic mass is 9.89. The van der Waals surface area contributed by atoms with Crippen LogP contribution in [0.2, 0.25) is 0 Å². The van der Waals surface area contributed by atoms with Gasteiger partial charge in [-0.2, -0.15) is 4.98 Å². The molecule has 0 spiro atoms. The molecule has 0 saturated carbocycles. The minimum absolute atomic E-state index is 0.0678. The van der Waals surface area contributed by atoms with Gasteiger partial charge in [0.15, 0.2) is 5.78 Å². The summed E-state index contributed by atoms with van der Waals surface area (Å²) < 4.78 is 20.4. The second-order valence-electron chi connectivity index (χ2n) is 10.4. The number of anilines is 1. The van der Waals surface area contributed by atoms with Gasteiger partial charge in [-0.3, -0.25) is 29.0 Å². The first-order valence-electron chi connectivity index (χ1n) is 14.0. The highest BCUT2D eigenvalue weighted by Crippen LogP contribution is 2.24. The van der Waals surface area contributed by atoms with Gasteiger partial charge in [0, 0.05) is 32.2 Å². The van der Waals surface area contributed by atoms with Crippen LogP contribution in [0.1, 0.15) is 42.1 Å². The van der Waals surface area contributed by atoms with Gasteiger partial charge in [-0.15, -0.1) is 0 Å². The minimum Gasteiger partial charge on any atom is -0.481 e. The van der Waals surface area contributed by atoms with Crippen molar-refractivity contribution in [2.45, 2.75) is 44.8 Å². The number of hydrogen-bond donors (Lipinski definition) is 5. The Kier molecular flexibility index (Phi) is 11.5. The number of carboxylic acid groups (broad SMARTS) is 3. The highest BCUT2D eigenvalue weighted by atomic mass is 19.1. The SMILES string of the molecule is CCN(Cc1ccc2nc(OC)[nH]c(=O)c2c1)c1ccc(C(=O)N(C)[C@@H](CC(C(=O)O)C(=O)[C@@H](N)CCC(=O)O)C(=O)O)c(F)c1. The number of aliphatic carboxylic acids is 3. The van der Waals surface area contributed by atoms with Crippen LogP contribution in [0.4, 0.5) is 10.1 Å². The summed E-state index contributed by atoms with van der Waals surface area (Å²) in [5.41, 5.74) is 6.27. The number of amides is 1. The van der Waals surface area contributed by atoms with Crippen LogP contribution in [0.3, 0.4) is 0 Å². The number of Topliss-reactive ketones (excluding diaryl/α,β-unsaturated/α-hetero) is 1. The molecule has 3 atom stereocenters. The molecule has 1 unspecified atom stereocenters. The van der Waals surface area contributed by atoms with Crippen molar-refractivity contribution in [1.82, 2.24) is 14.9 Å². The molecule has 16 heteroatoms. The number of nitrogens with one attached hydrogen (secondary N) is 1. The highest BCUT2D eigenvalue weighted by Gasteiger charge is 2.38. The standard InChI is InChI=1S/C30H34FN5O10/c1-4-36(14-15-5-9-22-18(11-15)26(40)34-30(33-22)46-3)16-6-7-17(20(31)12-16)27(41)35(2)23(29(44)45)13-19(28(42)43)25(39)21(32)8-10-24(37)38/h5-7,9,11-12,19,21,23H,4,8,10,13-14,32H2,1-3H3,(H,37,38)(H,42,43)(H,44,45)(H,33,34,40)/t19?,21-,23-/m0/s1. The summed E-state index contributed by atoms with van der Waals surface area (Å²) in [6, 6.07) is 5.47. The summed E-state index contributed by atoms with van der Waals surface area (Å²) >= 11 is 0. The van der Waals surface area contributed by atoms with Gasteiger partial charge in [0.05, 0.1) is 29.6 Å². The molecule has 2 aromatic carbocycles. The van der Waals surface area contributed by atoms with Crippen LogP contribution < -0.4 is 20.9 Å². The van der Waals surface area contributed by atoms with Crippen molar-refractivity contribution in [2.24, 2.45) is 11.7 Å². The summed E-state index contributed by atoms with van der Waals surface area (Å²) in [5.74, 6) is -9.73. The Morgan fingerprint density at radius 1 is 1.07 bits per heavy atom. The zero-order valence-corrected chi connectivity index (χ0v) is 25.2. The number of carbonyl (C=O) groups is 5. The lowest BCUT2D eigenvalue weighted by molar-refractivity contribution is -0.149. The number of hydrogen-bond acceptors (Lipinski definition) is 10.